The number of likely N-dealkylation sites (N-methyl/N-ethyl adjacent to an activating group) is 1. The Bertz CT molecular complexity index is 856. The molecule has 3 rings (SSSR count). The molecule has 0 atom stereocenters. The number of hydrogen-bond acceptors (Lipinski definition) is 6. The molecular weight excluding hydrogens is 418 g/mol. The van der Waals surface area contributed by atoms with Crippen molar-refractivity contribution in [2.45, 2.75) is 24.0 Å². The van der Waals surface area contributed by atoms with Gasteiger partial charge < -0.3 is 19.7 Å². The molecule has 1 aromatic heterocycles. The van der Waals surface area contributed by atoms with Gasteiger partial charge >= 0.3 is 6.03 Å². The third-order valence-corrected chi connectivity index (χ3v) is 7.69. The number of thiophene rings is 1. The fourth-order valence-electron chi connectivity index (χ4n) is 3.36. The van der Waals surface area contributed by atoms with Crippen LogP contribution in [0.1, 0.15) is 17.4 Å². The van der Waals surface area contributed by atoms with Crippen molar-refractivity contribution in [3.8, 4) is 11.5 Å². The van der Waals surface area contributed by atoms with Crippen molar-refractivity contribution in [1.29, 1.82) is 0 Å². The number of anilines is 1. The molecule has 0 fully saturated rings. The quantitative estimate of drug-likeness (QED) is 0.624. The fourth-order valence-corrected chi connectivity index (χ4v) is 5.77. The summed E-state index contributed by atoms with van der Waals surface area (Å²) in [5.74, 6) is 2.45. The summed E-state index contributed by atoms with van der Waals surface area (Å²) in [6.07, 6.45) is 1.92. The molecule has 30 heavy (non-hydrogen) atoms. The number of ether oxygens (including phenoxy) is 2. The molecule has 1 N–H and O–H groups in total. The van der Waals surface area contributed by atoms with E-state index < -0.39 is 0 Å². The van der Waals surface area contributed by atoms with Crippen molar-refractivity contribution in [3.05, 3.63) is 34.7 Å². The van der Waals surface area contributed by atoms with Crippen LogP contribution in [0.3, 0.4) is 0 Å². The highest BCUT2D eigenvalue weighted by molar-refractivity contribution is 8.01. The Hall–Kier alpha value is -1.90. The highest BCUT2D eigenvalue weighted by Gasteiger charge is 2.25. The number of thioether (sulfide) groups is 1. The van der Waals surface area contributed by atoms with Crippen molar-refractivity contribution in [2.75, 3.05) is 58.1 Å². The zero-order valence-electron chi connectivity index (χ0n) is 18.2. The van der Waals surface area contributed by atoms with Crippen LogP contribution in [0, 0.1) is 0 Å². The Morgan fingerprint density at radius 1 is 1.20 bits per heavy atom. The van der Waals surface area contributed by atoms with Gasteiger partial charge in [-0.05, 0) is 43.7 Å². The third-order valence-electron chi connectivity index (χ3n) is 5.16. The number of carbonyl (C=O) groups excluding carboxylic acids is 1. The summed E-state index contributed by atoms with van der Waals surface area (Å²) in [6, 6.07) is 8.19. The summed E-state index contributed by atoms with van der Waals surface area (Å²) in [6.45, 7) is 5.26. The number of amides is 2. The van der Waals surface area contributed by atoms with Gasteiger partial charge in [-0.3, -0.25) is 4.90 Å². The van der Waals surface area contributed by atoms with Crippen molar-refractivity contribution >= 4 is 34.8 Å². The zero-order valence-corrected chi connectivity index (χ0v) is 19.8. The van der Waals surface area contributed by atoms with E-state index in [2.05, 4.69) is 36.3 Å². The van der Waals surface area contributed by atoms with Gasteiger partial charge in [0.2, 0.25) is 0 Å². The summed E-state index contributed by atoms with van der Waals surface area (Å²) >= 11 is 3.67. The summed E-state index contributed by atoms with van der Waals surface area (Å²) < 4.78 is 11.9. The van der Waals surface area contributed by atoms with Gasteiger partial charge in [-0.25, -0.2) is 4.79 Å². The number of fused-ring (bicyclic) bond motifs is 1. The van der Waals surface area contributed by atoms with Gasteiger partial charge in [0.15, 0.2) is 11.5 Å². The molecule has 0 spiro atoms. The normalized spacial score (nSPS) is 13.3. The number of nitrogens with one attached hydrogen (secondary N) is 1. The average molecular weight is 450 g/mol. The predicted octanol–water partition coefficient (Wildman–Crippen LogP) is 4.12. The number of nitrogens with zero attached hydrogens (tertiary/aromatic N) is 2. The Morgan fingerprint density at radius 2 is 2.00 bits per heavy atom. The molecule has 0 radical (unpaired) electrons. The van der Waals surface area contributed by atoms with Gasteiger partial charge in [-0.1, -0.05) is 13.0 Å². The topological polar surface area (TPSA) is 54.0 Å². The first kappa shape index (κ1) is 22.8. The lowest BCUT2D eigenvalue weighted by molar-refractivity contribution is 0.244. The van der Waals surface area contributed by atoms with E-state index >= 15 is 0 Å². The summed E-state index contributed by atoms with van der Waals surface area (Å²) in [7, 11) is 5.37. The summed E-state index contributed by atoms with van der Waals surface area (Å²) in [4.78, 5) is 18.2. The lowest BCUT2D eigenvalue weighted by atomic mass is 10.1. The van der Waals surface area contributed by atoms with Crippen molar-refractivity contribution in [2.24, 2.45) is 0 Å². The zero-order chi connectivity index (χ0) is 21.5. The minimum Gasteiger partial charge on any atom is -0.493 e. The monoisotopic (exact) mass is 449 g/mol. The van der Waals surface area contributed by atoms with Crippen LogP contribution in [0.2, 0.25) is 0 Å². The maximum absolute atomic E-state index is 12.7. The molecule has 0 saturated heterocycles. The van der Waals surface area contributed by atoms with Gasteiger partial charge in [0.25, 0.3) is 0 Å². The van der Waals surface area contributed by atoms with Gasteiger partial charge in [0.05, 0.1) is 24.1 Å². The second-order valence-corrected chi connectivity index (χ2v) is 9.71. The molecule has 1 aliphatic rings. The number of methoxy groups -OCH3 is 2. The largest absolute Gasteiger partial charge is 0.493 e. The molecule has 8 heteroatoms. The molecule has 2 amide bonds. The molecular formula is C22H31N3O3S2. The maximum atomic E-state index is 12.7. The molecule has 0 aliphatic carbocycles. The van der Waals surface area contributed by atoms with Gasteiger partial charge in [-0.15, -0.1) is 23.1 Å². The van der Waals surface area contributed by atoms with Crippen LogP contribution in [-0.2, 0) is 12.8 Å². The molecule has 1 aliphatic heterocycles. The average Bonchev–Trinajstić information content (AvgIpc) is 3.20. The first-order valence-corrected chi connectivity index (χ1v) is 12.1. The number of urea groups is 1. The van der Waals surface area contributed by atoms with Gasteiger partial charge in [0, 0.05) is 36.8 Å². The van der Waals surface area contributed by atoms with Gasteiger partial charge in [-0.2, -0.15) is 0 Å². The lowest BCUT2D eigenvalue weighted by Crippen LogP contribution is -2.44. The molecule has 6 nitrogen and oxygen atoms in total. The predicted molar refractivity (Wildman–Crippen MR) is 126 cm³/mol. The molecule has 164 valence electrons. The fraction of sp³-hybridized carbons (Fsp3) is 0.500. The van der Waals surface area contributed by atoms with E-state index in [0.29, 0.717) is 6.54 Å². The van der Waals surface area contributed by atoms with E-state index in [4.69, 9.17) is 9.47 Å². The third kappa shape index (κ3) is 5.62. The number of carbonyl (C=O) groups is 1. The van der Waals surface area contributed by atoms with Crippen molar-refractivity contribution < 1.29 is 14.3 Å². The first-order valence-electron chi connectivity index (χ1n) is 10.3. The highest BCUT2D eigenvalue weighted by atomic mass is 32.2. The Kier molecular flexibility index (Phi) is 8.30. The minimum atomic E-state index is 0.00490. The van der Waals surface area contributed by atoms with E-state index in [1.54, 1.807) is 14.2 Å². The minimum absolute atomic E-state index is 0.00490. The van der Waals surface area contributed by atoms with E-state index in [9.17, 15) is 4.79 Å². The van der Waals surface area contributed by atoms with Crippen LogP contribution in [0.15, 0.2) is 28.5 Å². The number of rotatable bonds is 9. The summed E-state index contributed by atoms with van der Waals surface area (Å²) in [5, 5.41) is 3.09. The van der Waals surface area contributed by atoms with Crippen LogP contribution in [0.5, 0.6) is 11.5 Å². The Morgan fingerprint density at radius 3 is 2.73 bits per heavy atom. The number of aryl methyl sites for hydroxylation is 1. The van der Waals surface area contributed by atoms with Gasteiger partial charge in [0.1, 0.15) is 0 Å². The van der Waals surface area contributed by atoms with Crippen LogP contribution < -0.4 is 19.7 Å². The van der Waals surface area contributed by atoms with Crippen LogP contribution in [-0.4, -0.2) is 64.1 Å². The Labute approximate surface area is 187 Å². The molecule has 1 aromatic carbocycles. The molecule has 0 saturated carbocycles. The van der Waals surface area contributed by atoms with E-state index in [0.717, 1.165) is 55.4 Å². The Balaban J connectivity index is 1.44. The van der Waals surface area contributed by atoms with Crippen molar-refractivity contribution in [1.82, 2.24) is 10.2 Å². The van der Waals surface area contributed by atoms with Crippen molar-refractivity contribution in [3.63, 3.8) is 0 Å². The van der Waals surface area contributed by atoms with Crippen LogP contribution in [0.25, 0.3) is 0 Å². The standard InChI is InChI=1S/C22H31N3O3S2/c1-5-17-15-18-21(30-17)29-13-12-25(18)22(26)23-9-11-24(2)10-8-16-6-7-19(27-3)20(14-16)28-4/h6-7,14-15H,5,8-13H2,1-4H3,(H,23,26). The second kappa shape index (κ2) is 10.9. The second-order valence-electron chi connectivity index (χ2n) is 7.21. The molecule has 2 heterocycles. The highest BCUT2D eigenvalue weighted by Crippen LogP contribution is 2.41. The summed E-state index contributed by atoms with van der Waals surface area (Å²) in [5.41, 5.74) is 2.28. The molecule has 0 bridgehead atoms. The maximum Gasteiger partial charge on any atom is 0.322 e. The first-order chi connectivity index (χ1) is 14.5. The van der Waals surface area contributed by atoms with E-state index in [1.165, 1.54) is 14.6 Å². The smallest absolute Gasteiger partial charge is 0.322 e. The van der Waals surface area contributed by atoms with E-state index in [-0.39, 0.29) is 6.03 Å². The number of hydrogen-bond donors (Lipinski definition) is 1. The van der Waals surface area contributed by atoms with Crippen LogP contribution >= 0.6 is 23.1 Å². The number of benzene rings is 1. The van der Waals surface area contributed by atoms with Crippen LogP contribution in [0.4, 0.5) is 10.5 Å². The molecule has 0 unspecified atom stereocenters. The molecule has 2 aromatic rings. The lowest BCUT2D eigenvalue weighted by Gasteiger charge is -2.27. The van der Waals surface area contributed by atoms with E-state index in [1.807, 2.05) is 40.1 Å². The SMILES string of the molecule is CCc1cc2c(s1)SCCN2C(=O)NCCN(C)CCc1ccc(OC)c(OC)c1.